The van der Waals surface area contributed by atoms with Gasteiger partial charge in [-0.2, -0.15) is 18.3 Å². The smallest absolute Gasteiger partial charge is 0.384 e. The van der Waals surface area contributed by atoms with Gasteiger partial charge in [0.15, 0.2) is 0 Å². The van der Waals surface area contributed by atoms with Crippen molar-refractivity contribution in [2.75, 3.05) is 11.1 Å². The van der Waals surface area contributed by atoms with Crippen molar-refractivity contribution in [2.45, 2.75) is 6.18 Å². The SMILES string of the molecule is Cn1cc(NC(=O)c2ccccc2C(F)(F)F)c(-c2ccc(N)nc2)n1. The molecule has 134 valence electrons. The summed E-state index contributed by atoms with van der Waals surface area (Å²) in [5, 5.41) is 6.72. The molecular weight excluding hydrogens is 347 g/mol. The molecule has 0 atom stereocenters. The Labute approximate surface area is 146 Å². The van der Waals surface area contributed by atoms with Gasteiger partial charge in [0, 0.05) is 25.0 Å². The standard InChI is InChI=1S/C17H14F3N5O/c1-25-9-13(15(24-25)10-6-7-14(21)22-8-10)23-16(26)11-4-2-3-5-12(11)17(18,19)20/h2-9H,1H3,(H2,21,22)(H,23,26). The second-order valence-corrected chi connectivity index (χ2v) is 5.53. The molecule has 0 radical (unpaired) electrons. The summed E-state index contributed by atoms with van der Waals surface area (Å²) in [4.78, 5) is 16.4. The van der Waals surface area contributed by atoms with E-state index in [1.165, 1.54) is 29.2 Å². The van der Waals surface area contributed by atoms with Gasteiger partial charge in [0.05, 0.1) is 16.8 Å². The van der Waals surface area contributed by atoms with Crippen LogP contribution >= 0.6 is 0 Å². The highest BCUT2D eigenvalue weighted by Crippen LogP contribution is 2.33. The zero-order valence-electron chi connectivity index (χ0n) is 13.6. The van der Waals surface area contributed by atoms with E-state index >= 15 is 0 Å². The van der Waals surface area contributed by atoms with E-state index in [0.717, 1.165) is 12.1 Å². The zero-order chi connectivity index (χ0) is 18.9. The van der Waals surface area contributed by atoms with Gasteiger partial charge < -0.3 is 11.1 Å². The van der Waals surface area contributed by atoms with Gasteiger partial charge >= 0.3 is 6.18 Å². The highest BCUT2D eigenvalue weighted by molar-refractivity contribution is 6.07. The number of nitrogens with two attached hydrogens (primary N) is 1. The second-order valence-electron chi connectivity index (χ2n) is 5.53. The fraction of sp³-hybridized carbons (Fsp3) is 0.118. The lowest BCUT2D eigenvalue weighted by Gasteiger charge is -2.12. The van der Waals surface area contributed by atoms with Crippen LogP contribution in [0.3, 0.4) is 0 Å². The Morgan fingerprint density at radius 1 is 1.19 bits per heavy atom. The molecule has 26 heavy (non-hydrogen) atoms. The summed E-state index contributed by atoms with van der Waals surface area (Å²) in [7, 11) is 1.63. The third-order valence-corrected chi connectivity index (χ3v) is 3.61. The lowest BCUT2D eigenvalue weighted by molar-refractivity contribution is -0.137. The number of aromatic nitrogens is 3. The third kappa shape index (κ3) is 3.51. The van der Waals surface area contributed by atoms with Crippen molar-refractivity contribution in [1.82, 2.24) is 14.8 Å². The Hall–Kier alpha value is -3.36. The first-order chi connectivity index (χ1) is 12.3. The molecule has 0 saturated carbocycles. The minimum Gasteiger partial charge on any atom is -0.384 e. The van der Waals surface area contributed by atoms with E-state index in [2.05, 4.69) is 15.4 Å². The molecule has 0 fully saturated rings. The molecule has 0 aliphatic heterocycles. The molecule has 9 heteroatoms. The minimum absolute atomic E-state index is 0.265. The number of hydrogen-bond donors (Lipinski definition) is 2. The number of carbonyl (C=O) groups excluding carboxylic acids is 1. The summed E-state index contributed by atoms with van der Waals surface area (Å²) in [5.74, 6) is -0.565. The predicted octanol–water partition coefficient (Wildman–Crippen LogP) is 3.34. The van der Waals surface area contributed by atoms with Gasteiger partial charge in [0.25, 0.3) is 5.91 Å². The van der Waals surface area contributed by atoms with Gasteiger partial charge in [-0.3, -0.25) is 9.48 Å². The van der Waals surface area contributed by atoms with Crippen molar-refractivity contribution in [2.24, 2.45) is 7.05 Å². The summed E-state index contributed by atoms with van der Waals surface area (Å²) in [6.07, 6.45) is -1.66. The number of anilines is 2. The minimum atomic E-state index is -4.63. The van der Waals surface area contributed by atoms with Crippen molar-refractivity contribution in [3.05, 3.63) is 59.9 Å². The lowest BCUT2D eigenvalue weighted by Crippen LogP contribution is -2.18. The molecule has 0 saturated heterocycles. The number of aryl methyl sites for hydroxylation is 1. The van der Waals surface area contributed by atoms with Crippen LogP contribution in [0.5, 0.6) is 0 Å². The Bertz CT molecular complexity index is 948. The van der Waals surface area contributed by atoms with Gasteiger partial charge in [0.2, 0.25) is 0 Å². The van der Waals surface area contributed by atoms with Crippen LogP contribution in [0.25, 0.3) is 11.3 Å². The Morgan fingerprint density at radius 3 is 2.58 bits per heavy atom. The molecule has 1 aromatic carbocycles. The zero-order valence-corrected chi connectivity index (χ0v) is 13.6. The van der Waals surface area contributed by atoms with E-state index in [1.807, 2.05) is 0 Å². The van der Waals surface area contributed by atoms with Crippen LogP contribution in [0, 0.1) is 0 Å². The molecule has 0 aliphatic rings. The largest absolute Gasteiger partial charge is 0.417 e. The Balaban J connectivity index is 1.96. The summed E-state index contributed by atoms with van der Waals surface area (Å²) >= 11 is 0. The summed E-state index contributed by atoms with van der Waals surface area (Å²) in [6.45, 7) is 0. The van der Waals surface area contributed by atoms with Crippen molar-refractivity contribution in [3.8, 4) is 11.3 Å². The van der Waals surface area contributed by atoms with Gasteiger partial charge in [-0.25, -0.2) is 4.98 Å². The summed E-state index contributed by atoms with van der Waals surface area (Å²) < 4.78 is 40.8. The number of amides is 1. The first-order valence-electron chi connectivity index (χ1n) is 7.49. The van der Waals surface area contributed by atoms with Crippen LogP contribution in [0.15, 0.2) is 48.8 Å². The van der Waals surface area contributed by atoms with Crippen LogP contribution in [0.4, 0.5) is 24.7 Å². The number of benzene rings is 1. The molecular formula is C17H14F3N5O. The average molecular weight is 361 g/mol. The van der Waals surface area contributed by atoms with Crippen molar-refractivity contribution in [3.63, 3.8) is 0 Å². The topological polar surface area (TPSA) is 85.8 Å². The van der Waals surface area contributed by atoms with E-state index in [-0.39, 0.29) is 5.69 Å². The van der Waals surface area contributed by atoms with Gasteiger partial charge in [-0.15, -0.1) is 0 Å². The molecule has 0 spiro atoms. The van der Waals surface area contributed by atoms with E-state index in [0.29, 0.717) is 17.1 Å². The van der Waals surface area contributed by atoms with Crippen LogP contribution in [-0.2, 0) is 13.2 Å². The number of rotatable bonds is 3. The maximum absolute atomic E-state index is 13.1. The molecule has 2 heterocycles. The molecule has 3 aromatic rings. The van der Waals surface area contributed by atoms with Crippen LogP contribution < -0.4 is 11.1 Å². The monoisotopic (exact) mass is 361 g/mol. The number of nitrogen functional groups attached to an aromatic ring is 1. The van der Waals surface area contributed by atoms with Crippen LogP contribution in [0.2, 0.25) is 0 Å². The molecule has 6 nitrogen and oxygen atoms in total. The van der Waals surface area contributed by atoms with Crippen LogP contribution in [0.1, 0.15) is 15.9 Å². The van der Waals surface area contributed by atoms with Crippen LogP contribution in [-0.4, -0.2) is 20.7 Å². The van der Waals surface area contributed by atoms with Crippen molar-refractivity contribution < 1.29 is 18.0 Å². The van der Waals surface area contributed by atoms with E-state index < -0.39 is 23.2 Å². The molecule has 3 rings (SSSR count). The first-order valence-corrected chi connectivity index (χ1v) is 7.49. The van der Waals surface area contributed by atoms with E-state index in [9.17, 15) is 18.0 Å². The normalized spacial score (nSPS) is 11.4. The van der Waals surface area contributed by atoms with Gasteiger partial charge in [-0.05, 0) is 24.3 Å². The van der Waals surface area contributed by atoms with E-state index in [4.69, 9.17) is 5.73 Å². The first kappa shape index (κ1) is 17.5. The summed E-state index contributed by atoms with van der Waals surface area (Å²) in [5.41, 5.74) is 5.29. The predicted molar refractivity (Wildman–Crippen MR) is 90.2 cm³/mol. The molecule has 3 N–H and O–H groups in total. The highest BCUT2D eigenvalue weighted by Gasteiger charge is 2.35. The quantitative estimate of drug-likeness (QED) is 0.749. The maximum atomic E-state index is 13.1. The second kappa shape index (κ2) is 6.51. The maximum Gasteiger partial charge on any atom is 0.417 e. The number of nitrogens with zero attached hydrogens (tertiary/aromatic N) is 3. The number of carbonyl (C=O) groups is 1. The van der Waals surface area contributed by atoms with Crippen molar-refractivity contribution in [1.29, 1.82) is 0 Å². The molecule has 0 bridgehead atoms. The Morgan fingerprint density at radius 2 is 1.92 bits per heavy atom. The lowest BCUT2D eigenvalue weighted by atomic mass is 10.1. The molecule has 0 aliphatic carbocycles. The third-order valence-electron chi connectivity index (χ3n) is 3.61. The highest BCUT2D eigenvalue weighted by atomic mass is 19.4. The van der Waals surface area contributed by atoms with Gasteiger partial charge in [-0.1, -0.05) is 12.1 Å². The number of alkyl halides is 3. The van der Waals surface area contributed by atoms with E-state index in [1.54, 1.807) is 19.2 Å². The fourth-order valence-corrected chi connectivity index (χ4v) is 2.46. The molecule has 0 unspecified atom stereocenters. The van der Waals surface area contributed by atoms with Gasteiger partial charge in [0.1, 0.15) is 11.5 Å². The molecule has 1 amide bonds. The Kier molecular flexibility index (Phi) is 4.37. The number of nitrogens with one attached hydrogen (secondary N) is 1. The summed E-state index contributed by atoms with van der Waals surface area (Å²) in [6, 6.07) is 7.81. The number of halogens is 3. The molecule has 2 aromatic heterocycles. The average Bonchev–Trinajstić information content (AvgIpc) is 2.95. The van der Waals surface area contributed by atoms with Crippen molar-refractivity contribution >= 4 is 17.4 Å². The number of pyridine rings is 1. The fourth-order valence-electron chi connectivity index (χ4n) is 2.46. The number of hydrogen-bond acceptors (Lipinski definition) is 4.